The van der Waals surface area contributed by atoms with Gasteiger partial charge in [0.15, 0.2) is 6.61 Å². The summed E-state index contributed by atoms with van der Waals surface area (Å²) in [7, 11) is -0.391. The van der Waals surface area contributed by atoms with Gasteiger partial charge in [0.25, 0.3) is 0 Å². The zero-order valence-corrected chi connectivity index (χ0v) is 20.4. The number of aryl methyl sites for hydroxylation is 1. The summed E-state index contributed by atoms with van der Waals surface area (Å²) in [4.78, 5) is 0. The molecule has 0 N–H and O–H groups in total. The molecule has 3 rings (SSSR count). The maximum Gasteiger partial charge on any atom is 0.422 e. The third-order valence-electron chi connectivity index (χ3n) is 7.83. The molecule has 1 nitrogen and oxygen atoms in total. The van der Waals surface area contributed by atoms with Gasteiger partial charge in [0, 0.05) is 8.80 Å². The van der Waals surface area contributed by atoms with E-state index in [0.717, 1.165) is 24.2 Å². The Hall–Kier alpha value is -0.973. The highest BCUT2D eigenvalue weighted by Gasteiger charge is 2.31. The van der Waals surface area contributed by atoms with Crippen LogP contribution in [0.3, 0.4) is 0 Å². The second kappa shape index (κ2) is 12.3. The first-order valence-electron chi connectivity index (χ1n) is 12.7. The fraction of sp³-hybridized carbons (Fsp3) is 0.769. The van der Waals surface area contributed by atoms with E-state index >= 15 is 0 Å². The van der Waals surface area contributed by atoms with Crippen LogP contribution in [0.5, 0.6) is 5.75 Å². The van der Waals surface area contributed by atoms with Crippen molar-refractivity contribution in [3.8, 4) is 5.75 Å². The topological polar surface area (TPSA) is 9.23 Å². The number of hydrogen-bond acceptors (Lipinski definition) is 1. The standard InChI is InChI=1S/C26H41F3OSi/c1-2-3-4-17-31-18-15-24(16-19-31)23-11-7-21(8-12-23)5-6-22-9-13-25(14-10-22)30-20-26(27,28)29/h9-10,13-14,21,23-24,31H,2-8,11-12,15-20H2,1H3/t21-,23-,24?,31?. The van der Waals surface area contributed by atoms with Crippen LogP contribution in [0.2, 0.25) is 18.1 Å². The Morgan fingerprint density at radius 3 is 2.16 bits per heavy atom. The van der Waals surface area contributed by atoms with Gasteiger partial charge in [-0.1, -0.05) is 82.1 Å². The van der Waals surface area contributed by atoms with Gasteiger partial charge in [-0.2, -0.15) is 13.2 Å². The normalized spacial score (nSPS) is 27.2. The molecule has 0 amide bonds. The largest absolute Gasteiger partial charge is 0.484 e. The van der Waals surface area contributed by atoms with E-state index < -0.39 is 21.6 Å². The Kier molecular flexibility index (Phi) is 9.80. The maximum absolute atomic E-state index is 12.2. The highest BCUT2D eigenvalue weighted by molar-refractivity contribution is 6.58. The van der Waals surface area contributed by atoms with Crippen LogP contribution in [0.25, 0.3) is 0 Å². The van der Waals surface area contributed by atoms with Crippen LogP contribution in [0.4, 0.5) is 13.2 Å². The lowest BCUT2D eigenvalue weighted by Gasteiger charge is -2.37. The minimum Gasteiger partial charge on any atom is -0.484 e. The Morgan fingerprint density at radius 1 is 0.903 bits per heavy atom. The zero-order valence-electron chi connectivity index (χ0n) is 19.3. The van der Waals surface area contributed by atoms with Crippen LogP contribution >= 0.6 is 0 Å². The van der Waals surface area contributed by atoms with Crippen molar-refractivity contribution in [3.05, 3.63) is 29.8 Å². The highest BCUT2D eigenvalue weighted by Crippen LogP contribution is 2.42. The van der Waals surface area contributed by atoms with Gasteiger partial charge < -0.3 is 4.74 Å². The second-order valence-corrected chi connectivity index (χ2v) is 13.6. The van der Waals surface area contributed by atoms with Gasteiger partial charge in [0.05, 0.1) is 0 Å². The number of ether oxygens (including phenoxy) is 1. The van der Waals surface area contributed by atoms with Crippen molar-refractivity contribution in [3.63, 3.8) is 0 Å². The summed E-state index contributed by atoms with van der Waals surface area (Å²) in [6.45, 7) is 1.08. The van der Waals surface area contributed by atoms with Crippen LogP contribution in [0, 0.1) is 17.8 Å². The van der Waals surface area contributed by atoms with Crippen LogP contribution in [0.1, 0.15) is 76.7 Å². The van der Waals surface area contributed by atoms with Crippen molar-refractivity contribution in [2.24, 2.45) is 17.8 Å². The average molecular weight is 455 g/mol. The summed E-state index contributed by atoms with van der Waals surface area (Å²) in [6, 6.07) is 12.0. The molecule has 0 unspecified atom stereocenters. The molecular weight excluding hydrogens is 413 g/mol. The Morgan fingerprint density at radius 2 is 1.55 bits per heavy atom. The first-order chi connectivity index (χ1) is 14.9. The van der Waals surface area contributed by atoms with E-state index in [0.29, 0.717) is 5.75 Å². The van der Waals surface area contributed by atoms with Gasteiger partial charge in [-0.15, -0.1) is 0 Å². The van der Waals surface area contributed by atoms with E-state index in [1.165, 1.54) is 69.8 Å². The monoisotopic (exact) mass is 454 g/mol. The van der Waals surface area contributed by atoms with E-state index in [1.807, 2.05) is 12.1 Å². The van der Waals surface area contributed by atoms with Crippen LogP contribution in [0.15, 0.2) is 24.3 Å². The van der Waals surface area contributed by atoms with E-state index in [1.54, 1.807) is 30.3 Å². The lowest BCUT2D eigenvalue weighted by Crippen LogP contribution is -2.28. The molecule has 1 aromatic rings. The summed E-state index contributed by atoms with van der Waals surface area (Å²) in [5.41, 5.74) is 1.20. The molecule has 0 bridgehead atoms. The van der Waals surface area contributed by atoms with Crippen molar-refractivity contribution >= 4 is 8.80 Å². The van der Waals surface area contributed by atoms with Gasteiger partial charge in [0.1, 0.15) is 5.75 Å². The summed E-state index contributed by atoms with van der Waals surface area (Å²) >= 11 is 0. The molecule has 1 aliphatic carbocycles. The molecule has 0 aromatic heterocycles. The first-order valence-corrected chi connectivity index (χ1v) is 15.2. The van der Waals surface area contributed by atoms with Gasteiger partial charge in [0.2, 0.25) is 0 Å². The summed E-state index contributed by atoms with van der Waals surface area (Å²) in [5.74, 6) is 3.11. The summed E-state index contributed by atoms with van der Waals surface area (Å²) in [5, 5.41) is 0. The average Bonchev–Trinajstić information content (AvgIpc) is 2.77. The van der Waals surface area contributed by atoms with Crippen molar-refractivity contribution in [2.75, 3.05) is 6.61 Å². The Balaban J connectivity index is 1.31. The minimum absolute atomic E-state index is 0.296. The predicted molar refractivity (Wildman–Crippen MR) is 126 cm³/mol. The minimum atomic E-state index is -4.28. The van der Waals surface area contributed by atoms with E-state index in [4.69, 9.17) is 4.74 Å². The molecule has 1 aliphatic heterocycles. The second-order valence-electron chi connectivity index (χ2n) is 10.1. The number of halogens is 3. The number of benzene rings is 1. The smallest absolute Gasteiger partial charge is 0.422 e. The molecule has 2 fully saturated rings. The van der Waals surface area contributed by atoms with Crippen molar-refractivity contribution < 1.29 is 17.9 Å². The zero-order chi connectivity index (χ0) is 22.1. The van der Waals surface area contributed by atoms with Crippen molar-refractivity contribution in [1.29, 1.82) is 0 Å². The van der Waals surface area contributed by atoms with Gasteiger partial charge >= 0.3 is 6.18 Å². The number of rotatable bonds is 10. The molecule has 2 aliphatic rings. The fourth-order valence-electron chi connectivity index (χ4n) is 5.87. The van der Waals surface area contributed by atoms with E-state index in [9.17, 15) is 13.2 Å². The van der Waals surface area contributed by atoms with Gasteiger partial charge in [-0.05, 0) is 61.1 Å². The first kappa shape index (κ1) is 24.7. The predicted octanol–water partition coefficient (Wildman–Crippen LogP) is 8.19. The molecule has 0 radical (unpaired) electrons. The van der Waals surface area contributed by atoms with Crippen LogP contribution in [-0.4, -0.2) is 21.6 Å². The van der Waals surface area contributed by atoms with Crippen LogP contribution in [-0.2, 0) is 6.42 Å². The molecule has 176 valence electrons. The van der Waals surface area contributed by atoms with E-state index in [-0.39, 0.29) is 0 Å². The lowest BCUT2D eigenvalue weighted by atomic mass is 9.73. The Labute approximate surface area is 188 Å². The summed E-state index contributed by atoms with van der Waals surface area (Å²) < 4.78 is 41.5. The van der Waals surface area contributed by atoms with Crippen LogP contribution < -0.4 is 4.74 Å². The van der Waals surface area contributed by atoms with Gasteiger partial charge in [-0.3, -0.25) is 0 Å². The molecule has 1 saturated carbocycles. The fourth-order valence-corrected chi connectivity index (χ4v) is 9.40. The molecule has 0 atom stereocenters. The van der Waals surface area contributed by atoms with E-state index in [2.05, 4.69) is 6.92 Å². The molecular formula is C26H41F3OSi. The quantitative estimate of drug-likeness (QED) is 0.256. The molecule has 31 heavy (non-hydrogen) atoms. The highest BCUT2D eigenvalue weighted by atomic mass is 28.3. The third kappa shape index (κ3) is 8.82. The third-order valence-corrected chi connectivity index (χ3v) is 11.4. The lowest BCUT2D eigenvalue weighted by molar-refractivity contribution is -0.153. The molecule has 1 saturated heterocycles. The maximum atomic E-state index is 12.2. The number of hydrogen-bond donors (Lipinski definition) is 0. The summed E-state index contributed by atoms with van der Waals surface area (Å²) in [6.07, 6.45) is 10.8. The number of unbranched alkanes of at least 4 members (excludes halogenated alkanes) is 2. The van der Waals surface area contributed by atoms with Crippen molar-refractivity contribution in [2.45, 2.75) is 102 Å². The molecule has 1 heterocycles. The molecule has 1 aromatic carbocycles. The molecule has 0 spiro atoms. The SMILES string of the molecule is CCCCC[SiH]1CCC([C@H]2CC[C@H](CCc3ccc(OCC(F)(F)F)cc3)CC2)CC1. The van der Waals surface area contributed by atoms with Crippen molar-refractivity contribution in [1.82, 2.24) is 0 Å². The number of alkyl halides is 3. The Bertz CT molecular complexity index is 615. The molecule has 5 heteroatoms. The van der Waals surface area contributed by atoms with Gasteiger partial charge in [-0.25, -0.2) is 0 Å².